The lowest BCUT2D eigenvalue weighted by atomic mass is 9.68. The van der Waals surface area contributed by atoms with Crippen molar-refractivity contribution in [3.05, 3.63) is 95.1 Å². The summed E-state index contributed by atoms with van der Waals surface area (Å²) in [6.07, 6.45) is 1.66. The first-order chi connectivity index (χ1) is 18.9. The van der Waals surface area contributed by atoms with Gasteiger partial charge in [-0.15, -0.1) is 0 Å². The van der Waals surface area contributed by atoms with E-state index in [1.807, 2.05) is 36.4 Å². The molecule has 7 rings (SSSR count). The van der Waals surface area contributed by atoms with Crippen LogP contribution < -0.4 is 4.74 Å². The molecule has 7 heteroatoms. The van der Waals surface area contributed by atoms with E-state index in [0.29, 0.717) is 23.2 Å². The molecule has 3 N–H and O–H groups in total. The zero-order valence-corrected chi connectivity index (χ0v) is 21.3. The number of phenolic OH excluding ortho intramolecular Hbond substituents is 3. The molecule has 4 atom stereocenters. The van der Waals surface area contributed by atoms with Crippen LogP contribution in [-0.4, -0.2) is 51.5 Å². The zero-order chi connectivity index (χ0) is 27.1. The highest BCUT2D eigenvalue weighted by atomic mass is 16.5. The van der Waals surface area contributed by atoms with Crippen LogP contribution in [-0.2, 0) is 5.54 Å². The molecule has 0 radical (unpaired) electrons. The van der Waals surface area contributed by atoms with E-state index in [2.05, 4.69) is 4.90 Å². The zero-order valence-electron chi connectivity index (χ0n) is 21.3. The Balaban J connectivity index is 1.53. The van der Waals surface area contributed by atoms with E-state index in [4.69, 9.17) is 4.74 Å². The van der Waals surface area contributed by atoms with Gasteiger partial charge in [0.25, 0.3) is 0 Å². The third-order valence-electron chi connectivity index (χ3n) is 9.01. The maximum Gasteiger partial charge on any atom is 0.189 e. The van der Waals surface area contributed by atoms with Crippen LogP contribution in [0.1, 0.15) is 50.6 Å². The number of methoxy groups -OCH3 is 1. The summed E-state index contributed by atoms with van der Waals surface area (Å²) in [5, 5.41) is 32.6. The number of hydrogen-bond acceptors (Lipinski definition) is 7. The number of aromatic hydroxyl groups is 3. The molecule has 2 fully saturated rings. The van der Waals surface area contributed by atoms with E-state index in [9.17, 15) is 24.9 Å². The van der Waals surface area contributed by atoms with Crippen molar-refractivity contribution in [1.29, 1.82) is 0 Å². The predicted octanol–water partition coefficient (Wildman–Crippen LogP) is 5.12. The molecule has 3 aliphatic rings. The quantitative estimate of drug-likeness (QED) is 0.253. The van der Waals surface area contributed by atoms with Crippen LogP contribution in [0.15, 0.2) is 72.8 Å². The summed E-state index contributed by atoms with van der Waals surface area (Å²) in [4.78, 5) is 31.7. The Hall–Kier alpha value is -4.36. The molecule has 2 heterocycles. The lowest BCUT2D eigenvalue weighted by molar-refractivity contribution is 0.0519. The van der Waals surface area contributed by atoms with Crippen molar-refractivity contribution in [3.63, 3.8) is 0 Å². The SMILES string of the molecule is COc1cc(C(=O)C2C(c3ccc(O)c(O)c3)C3CCCN3C23C(=O)c2cccc4cccc3c24)ccc1O. The highest BCUT2D eigenvalue weighted by Crippen LogP contribution is 2.62. The molecule has 0 amide bonds. The second kappa shape index (κ2) is 8.32. The first-order valence-electron chi connectivity index (χ1n) is 13.1. The summed E-state index contributed by atoms with van der Waals surface area (Å²) in [6.45, 7) is 0.657. The van der Waals surface area contributed by atoms with Gasteiger partial charge in [0, 0.05) is 23.1 Å². The smallest absolute Gasteiger partial charge is 0.189 e. The largest absolute Gasteiger partial charge is 0.504 e. The Morgan fingerprint density at radius 3 is 2.49 bits per heavy atom. The van der Waals surface area contributed by atoms with Gasteiger partial charge < -0.3 is 20.1 Å². The van der Waals surface area contributed by atoms with Crippen LogP contribution in [0, 0.1) is 5.92 Å². The van der Waals surface area contributed by atoms with Crippen LogP contribution in [0.4, 0.5) is 0 Å². The molecule has 0 saturated carbocycles. The van der Waals surface area contributed by atoms with Gasteiger partial charge in [-0.1, -0.05) is 42.5 Å². The number of hydrogen-bond donors (Lipinski definition) is 3. The highest BCUT2D eigenvalue weighted by molar-refractivity contribution is 6.22. The number of carbonyl (C=O) groups excluding carboxylic acids is 2. The highest BCUT2D eigenvalue weighted by Gasteiger charge is 2.69. The normalized spacial score (nSPS) is 25.5. The molecule has 196 valence electrons. The Bertz CT molecular complexity index is 1690. The lowest BCUT2D eigenvalue weighted by Gasteiger charge is -2.38. The van der Waals surface area contributed by atoms with Crippen LogP contribution in [0.3, 0.4) is 0 Å². The first kappa shape index (κ1) is 23.7. The molecule has 2 aliphatic heterocycles. The number of carbonyl (C=O) groups is 2. The van der Waals surface area contributed by atoms with Gasteiger partial charge >= 0.3 is 0 Å². The van der Waals surface area contributed by atoms with Crippen molar-refractivity contribution in [2.24, 2.45) is 5.92 Å². The van der Waals surface area contributed by atoms with Crippen molar-refractivity contribution < 1.29 is 29.6 Å². The fraction of sp³-hybridized carbons (Fsp3) is 0.250. The molecule has 39 heavy (non-hydrogen) atoms. The van der Waals surface area contributed by atoms with Gasteiger partial charge in [-0.25, -0.2) is 0 Å². The number of phenols is 3. The monoisotopic (exact) mass is 521 g/mol. The lowest BCUT2D eigenvalue weighted by Crippen LogP contribution is -2.51. The second-order valence-corrected chi connectivity index (χ2v) is 10.7. The maximum absolute atomic E-state index is 14.7. The number of ether oxygens (including phenoxy) is 1. The van der Waals surface area contributed by atoms with Crippen molar-refractivity contribution in [2.45, 2.75) is 30.3 Å². The molecule has 4 unspecified atom stereocenters. The molecule has 1 aliphatic carbocycles. The molecule has 2 saturated heterocycles. The van der Waals surface area contributed by atoms with Gasteiger partial charge in [-0.2, -0.15) is 0 Å². The summed E-state index contributed by atoms with van der Waals surface area (Å²) < 4.78 is 5.31. The minimum Gasteiger partial charge on any atom is -0.504 e. The van der Waals surface area contributed by atoms with Crippen molar-refractivity contribution in [1.82, 2.24) is 4.90 Å². The minimum absolute atomic E-state index is 0.0788. The third-order valence-corrected chi connectivity index (χ3v) is 9.01. The number of fused-ring (bicyclic) bond motifs is 3. The van der Waals surface area contributed by atoms with Crippen LogP contribution in [0.25, 0.3) is 10.8 Å². The fourth-order valence-corrected chi connectivity index (χ4v) is 7.56. The maximum atomic E-state index is 14.7. The average Bonchev–Trinajstić information content (AvgIpc) is 3.60. The van der Waals surface area contributed by atoms with Gasteiger partial charge in [-0.3, -0.25) is 14.5 Å². The molecular weight excluding hydrogens is 494 g/mol. The molecule has 4 aromatic rings. The second-order valence-electron chi connectivity index (χ2n) is 10.7. The minimum atomic E-state index is -1.23. The van der Waals surface area contributed by atoms with Crippen LogP contribution in [0.2, 0.25) is 0 Å². The van der Waals surface area contributed by atoms with E-state index in [1.165, 1.54) is 31.4 Å². The summed E-state index contributed by atoms with van der Waals surface area (Å²) in [6, 6.07) is 20.7. The van der Waals surface area contributed by atoms with Gasteiger partial charge in [0.1, 0.15) is 5.54 Å². The number of Topliss-reactive ketones (excluding diaryl/α,β-unsaturated/α-hetero) is 2. The topological polar surface area (TPSA) is 107 Å². The molecule has 1 spiro atoms. The summed E-state index contributed by atoms with van der Waals surface area (Å²) in [5.74, 6) is -1.99. The van der Waals surface area contributed by atoms with Crippen LogP contribution >= 0.6 is 0 Å². The fourth-order valence-electron chi connectivity index (χ4n) is 7.56. The Labute approximate surface area is 224 Å². The number of benzene rings is 4. The van der Waals surface area contributed by atoms with E-state index in [1.54, 1.807) is 12.1 Å². The van der Waals surface area contributed by atoms with E-state index >= 15 is 0 Å². The summed E-state index contributed by atoms with van der Waals surface area (Å²) >= 11 is 0. The predicted molar refractivity (Wildman–Crippen MR) is 145 cm³/mol. The Kier molecular flexibility index (Phi) is 5.06. The molecular formula is C32H27NO6. The molecule has 0 aromatic heterocycles. The van der Waals surface area contributed by atoms with E-state index < -0.39 is 17.4 Å². The average molecular weight is 522 g/mol. The van der Waals surface area contributed by atoms with Gasteiger partial charge in [0.05, 0.1) is 13.0 Å². The van der Waals surface area contributed by atoms with Crippen LogP contribution in [0.5, 0.6) is 23.0 Å². The van der Waals surface area contributed by atoms with Gasteiger partial charge in [-0.05, 0) is 71.6 Å². The van der Waals surface area contributed by atoms with Crippen molar-refractivity contribution in [3.8, 4) is 23.0 Å². The standard InChI is InChI=1S/C32H27NO6/c1-39-26-16-19(11-13-24(26)35)30(37)29-28(18-10-12-23(34)25(36)15-18)22-9-4-14-33(22)32(29)21-8-3-6-17-5-2-7-20(27(17)21)31(32)38/h2-3,5-8,10-13,15-16,22,28-29,34-36H,4,9,14H2,1H3. The van der Waals surface area contributed by atoms with Crippen molar-refractivity contribution >= 4 is 22.3 Å². The molecule has 4 aromatic carbocycles. The van der Waals surface area contributed by atoms with Gasteiger partial charge in [0.2, 0.25) is 0 Å². The van der Waals surface area contributed by atoms with Gasteiger partial charge in [0.15, 0.2) is 34.6 Å². The number of ketones is 2. The van der Waals surface area contributed by atoms with E-state index in [0.717, 1.165) is 29.2 Å². The third kappa shape index (κ3) is 3.02. The van der Waals surface area contributed by atoms with E-state index in [-0.39, 0.29) is 40.6 Å². The Morgan fingerprint density at radius 1 is 0.949 bits per heavy atom. The number of rotatable bonds is 4. The Morgan fingerprint density at radius 2 is 1.72 bits per heavy atom. The first-order valence-corrected chi connectivity index (χ1v) is 13.1. The van der Waals surface area contributed by atoms with Crippen molar-refractivity contribution in [2.75, 3.05) is 13.7 Å². The summed E-state index contributed by atoms with van der Waals surface area (Å²) in [5.41, 5.74) is 1.24. The summed E-state index contributed by atoms with van der Waals surface area (Å²) in [7, 11) is 1.43. The molecule has 7 nitrogen and oxygen atoms in total. The molecule has 0 bridgehead atoms. The number of nitrogens with zero attached hydrogens (tertiary/aromatic N) is 1.